The summed E-state index contributed by atoms with van der Waals surface area (Å²) in [4.78, 5) is 35.0. The molecule has 1 rings (SSSR count). The molecule has 318 valence electrons. The summed E-state index contributed by atoms with van der Waals surface area (Å²) >= 11 is 0. The summed E-state index contributed by atoms with van der Waals surface area (Å²) < 4.78 is 38.5. The fraction of sp³-hybridized carbons (Fsp3) is 0.644. The van der Waals surface area contributed by atoms with Gasteiger partial charge in [0.15, 0.2) is 6.10 Å². The Morgan fingerprint density at radius 2 is 1.21 bits per heavy atom. The number of rotatable bonds is 37. The second kappa shape index (κ2) is 36.5. The van der Waals surface area contributed by atoms with Crippen LogP contribution in [-0.4, -0.2) is 61.5 Å². The highest BCUT2D eigenvalue weighted by Gasteiger charge is 2.36. The van der Waals surface area contributed by atoms with Gasteiger partial charge < -0.3 is 24.8 Å². The molecule has 4 atom stereocenters. The molecule has 3 N–H and O–H groups in total. The van der Waals surface area contributed by atoms with Crippen LogP contribution in [0.4, 0.5) is 0 Å². The molecular weight excluding hydrogens is 729 g/mol. The topological polar surface area (TPSA) is 147 Å². The molecule has 1 fully saturated rings. The number of unbranched alkanes of at least 4 members (excludes halogenated alkanes) is 7. The van der Waals surface area contributed by atoms with Crippen LogP contribution in [0, 0.1) is 0 Å². The first kappa shape index (κ1) is 51.2. The van der Waals surface area contributed by atoms with E-state index in [0.29, 0.717) is 12.8 Å². The Morgan fingerprint density at radius 3 is 1.82 bits per heavy atom. The van der Waals surface area contributed by atoms with Crippen LogP contribution in [0.25, 0.3) is 0 Å². The minimum Gasteiger partial charge on any atom is -0.462 e. The van der Waals surface area contributed by atoms with Gasteiger partial charge in [0.1, 0.15) is 6.61 Å². The molecular formula is C45H74NO9P. The van der Waals surface area contributed by atoms with Crippen molar-refractivity contribution in [1.82, 2.24) is 0 Å². The van der Waals surface area contributed by atoms with Crippen LogP contribution in [0.2, 0.25) is 0 Å². The lowest BCUT2D eigenvalue weighted by Gasteiger charge is -2.19. The zero-order valence-electron chi connectivity index (χ0n) is 34.5. The van der Waals surface area contributed by atoms with Crippen molar-refractivity contribution in [3.8, 4) is 0 Å². The van der Waals surface area contributed by atoms with Gasteiger partial charge in [-0.05, 0) is 89.9 Å². The first-order chi connectivity index (χ1) is 27.3. The molecule has 56 heavy (non-hydrogen) atoms. The minimum absolute atomic E-state index is 0.0336. The van der Waals surface area contributed by atoms with Crippen LogP contribution in [0.3, 0.4) is 0 Å². The van der Waals surface area contributed by atoms with Gasteiger partial charge in [0, 0.05) is 19.4 Å². The van der Waals surface area contributed by atoms with E-state index < -0.39 is 32.5 Å². The van der Waals surface area contributed by atoms with Crippen LogP contribution in [0.15, 0.2) is 85.1 Å². The zero-order valence-corrected chi connectivity index (χ0v) is 35.4. The maximum absolute atomic E-state index is 12.6. The molecule has 1 aliphatic rings. The number of phosphoric acid groups is 1. The monoisotopic (exact) mass is 804 g/mol. The largest absolute Gasteiger partial charge is 0.472 e. The van der Waals surface area contributed by atoms with Crippen molar-refractivity contribution < 1.29 is 42.3 Å². The van der Waals surface area contributed by atoms with Crippen molar-refractivity contribution in [2.75, 3.05) is 26.4 Å². The number of ether oxygens (including phenoxy) is 3. The minimum atomic E-state index is -4.41. The average molecular weight is 804 g/mol. The molecule has 0 radical (unpaired) electrons. The Labute approximate surface area is 339 Å². The number of phosphoric ester groups is 1. The van der Waals surface area contributed by atoms with E-state index in [1.165, 1.54) is 19.3 Å². The highest BCUT2D eigenvalue weighted by Crippen LogP contribution is 2.43. The summed E-state index contributed by atoms with van der Waals surface area (Å²) in [6.07, 6.45) is 47.7. The number of hydrogen-bond donors (Lipinski definition) is 2. The third kappa shape index (κ3) is 33.3. The zero-order chi connectivity index (χ0) is 40.8. The van der Waals surface area contributed by atoms with Crippen molar-refractivity contribution in [3.63, 3.8) is 0 Å². The van der Waals surface area contributed by atoms with E-state index in [0.717, 1.165) is 83.5 Å². The molecule has 10 nitrogen and oxygen atoms in total. The van der Waals surface area contributed by atoms with Crippen LogP contribution in [0.5, 0.6) is 0 Å². The molecule has 1 saturated heterocycles. The molecule has 11 heteroatoms. The molecule has 0 saturated carbocycles. The van der Waals surface area contributed by atoms with Crippen LogP contribution in [-0.2, 0) is 37.4 Å². The molecule has 0 aromatic rings. The summed E-state index contributed by atoms with van der Waals surface area (Å²) in [6.45, 7) is 3.45. The Bertz CT molecular complexity index is 1260. The molecule has 0 aromatic carbocycles. The molecule has 0 aliphatic carbocycles. The lowest BCUT2D eigenvalue weighted by molar-refractivity contribution is -0.161. The summed E-state index contributed by atoms with van der Waals surface area (Å²) in [5, 5.41) is 0. The molecule has 0 spiro atoms. The van der Waals surface area contributed by atoms with E-state index in [1.807, 2.05) is 0 Å². The van der Waals surface area contributed by atoms with Gasteiger partial charge >= 0.3 is 19.8 Å². The predicted octanol–water partition coefficient (Wildman–Crippen LogP) is 11.0. The number of carbonyl (C=O) groups is 2. The number of epoxide rings is 1. The molecule has 3 unspecified atom stereocenters. The summed E-state index contributed by atoms with van der Waals surface area (Å²) in [7, 11) is -4.41. The third-order valence-electron chi connectivity index (χ3n) is 8.69. The van der Waals surface area contributed by atoms with Crippen molar-refractivity contribution in [2.45, 2.75) is 161 Å². The fourth-order valence-electron chi connectivity index (χ4n) is 5.47. The van der Waals surface area contributed by atoms with Crippen molar-refractivity contribution >= 4 is 19.8 Å². The maximum atomic E-state index is 12.6. The SMILES string of the molecule is CC/C=C\C/C=C\C/C=C\C/C=C\CCCCCCC(=O)O[C@H](COC(=O)CCCC1OC1C/C=C\C/C=C\C/C=C\CCCCC)COP(=O)(O)OCCN. The molecule has 1 heterocycles. The number of nitrogens with two attached hydrogens (primary N) is 1. The highest BCUT2D eigenvalue weighted by atomic mass is 31.2. The van der Waals surface area contributed by atoms with E-state index >= 15 is 0 Å². The molecule has 0 aromatic heterocycles. The van der Waals surface area contributed by atoms with Gasteiger partial charge in [-0.25, -0.2) is 4.57 Å². The maximum Gasteiger partial charge on any atom is 0.472 e. The molecule has 0 bridgehead atoms. The van der Waals surface area contributed by atoms with E-state index in [1.54, 1.807) is 0 Å². The van der Waals surface area contributed by atoms with E-state index in [-0.39, 0.29) is 44.8 Å². The van der Waals surface area contributed by atoms with E-state index in [4.69, 9.17) is 29.0 Å². The molecule has 1 aliphatic heterocycles. The van der Waals surface area contributed by atoms with Gasteiger partial charge in [-0.2, -0.15) is 0 Å². The van der Waals surface area contributed by atoms with Crippen LogP contribution >= 0.6 is 7.82 Å². The van der Waals surface area contributed by atoms with Crippen molar-refractivity contribution in [1.29, 1.82) is 0 Å². The standard InChI is InChI=1S/C45H74NO9P/c1-3-5-7-9-11-13-15-17-18-19-20-21-23-25-27-29-31-35-45(48)54-41(40-53-56(49,50)52-38-37-46)39-51-44(47)36-32-34-43-42(55-43)33-30-28-26-24-22-16-14-12-10-8-6-4-2/h5,7,11-14,17-18,20-22,24,28,30,41-43H,3-4,6,8-10,15-16,19,23,25-27,29,31-40,46H2,1-2H3,(H,49,50)/b7-5-,13-11-,14-12-,18-17-,21-20-,24-22-,30-28-/t41-,42?,43?/m1/s1. The Hall–Kier alpha value is -2.85. The molecule has 0 amide bonds. The van der Waals surface area contributed by atoms with Crippen molar-refractivity contribution in [3.05, 3.63) is 85.1 Å². The van der Waals surface area contributed by atoms with Gasteiger partial charge in [-0.15, -0.1) is 0 Å². The number of hydrogen-bond acceptors (Lipinski definition) is 9. The van der Waals surface area contributed by atoms with Gasteiger partial charge in [0.05, 0.1) is 25.4 Å². The summed E-state index contributed by atoms with van der Waals surface area (Å²) in [5.41, 5.74) is 5.34. The van der Waals surface area contributed by atoms with Gasteiger partial charge in [0.25, 0.3) is 0 Å². The average Bonchev–Trinajstić information content (AvgIpc) is 3.94. The number of allylic oxidation sites excluding steroid dienone is 13. The first-order valence-corrected chi connectivity index (χ1v) is 22.7. The normalized spacial score (nSPS) is 17.8. The van der Waals surface area contributed by atoms with Crippen LogP contribution in [0.1, 0.15) is 142 Å². The lowest BCUT2D eigenvalue weighted by Crippen LogP contribution is -2.29. The first-order valence-electron chi connectivity index (χ1n) is 21.2. The smallest absolute Gasteiger partial charge is 0.462 e. The van der Waals surface area contributed by atoms with Gasteiger partial charge in [0.2, 0.25) is 0 Å². The quantitative estimate of drug-likeness (QED) is 0.0204. The Morgan fingerprint density at radius 1 is 0.661 bits per heavy atom. The fourth-order valence-corrected chi connectivity index (χ4v) is 6.24. The Balaban J connectivity index is 2.28. The summed E-state index contributed by atoms with van der Waals surface area (Å²) in [5.74, 6) is -0.942. The van der Waals surface area contributed by atoms with Gasteiger partial charge in [-0.1, -0.05) is 125 Å². The number of carbonyl (C=O) groups excluding carboxylic acids is 2. The Kier molecular flexibility index (Phi) is 33.3. The predicted molar refractivity (Wildman–Crippen MR) is 228 cm³/mol. The van der Waals surface area contributed by atoms with Gasteiger partial charge in [-0.3, -0.25) is 18.6 Å². The third-order valence-corrected chi connectivity index (χ3v) is 9.67. The number of esters is 2. The van der Waals surface area contributed by atoms with E-state index in [9.17, 15) is 19.0 Å². The van der Waals surface area contributed by atoms with Crippen molar-refractivity contribution in [2.24, 2.45) is 5.73 Å². The second-order valence-corrected chi connectivity index (χ2v) is 15.3. The second-order valence-electron chi connectivity index (χ2n) is 13.9. The van der Waals surface area contributed by atoms with E-state index in [2.05, 4.69) is 98.9 Å². The van der Waals surface area contributed by atoms with Crippen LogP contribution < -0.4 is 5.73 Å². The summed E-state index contributed by atoms with van der Waals surface area (Å²) in [6, 6.07) is 0. The highest BCUT2D eigenvalue weighted by molar-refractivity contribution is 7.47. The lowest BCUT2D eigenvalue weighted by atomic mass is 10.1.